The van der Waals surface area contributed by atoms with E-state index in [-0.39, 0.29) is 24.5 Å². The van der Waals surface area contributed by atoms with Gasteiger partial charge in [0.25, 0.3) is 11.7 Å². The zero-order chi connectivity index (χ0) is 21.5. The van der Waals surface area contributed by atoms with E-state index in [1.165, 1.54) is 12.0 Å². The number of benzene rings is 1. The highest BCUT2D eigenvalue weighted by Crippen LogP contribution is 2.39. The van der Waals surface area contributed by atoms with Crippen molar-refractivity contribution < 1.29 is 24.2 Å². The maximum absolute atomic E-state index is 12.9. The Morgan fingerprint density at radius 3 is 2.73 bits per heavy atom. The van der Waals surface area contributed by atoms with E-state index in [2.05, 4.69) is 11.9 Å². The first-order chi connectivity index (χ1) is 14.6. The van der Waals surface area contributed by atoms with Crippen LogP contribution in [0.1, 0.15) is 36.9 Å². The summed E-state index contributed by atoms with van der Waals surface area (Å²) in [6.07, 6.45) is 5.13. The molecule has 0 aliphatic carbocycles. The first-order valence-corrected chi connectivity index (χ1v) is 9.99. The molecule has 1 unspecified atom stereocenters. The molecule has 1 atom stereocenters. The van der Waals surface area contributed by atoms with Crippen LogP contribution in [0.3, 0.4) is 0 Å². The van der Waals surface area contributed by atoms with Crippen LogP contribution in [0.5, 0.6) is 5.75 Å². The van der Waals surface area contributed by atoms with Gasteiger partial charge in [0, 0.05) is 31.6 Å². The number of nitrogens with zero attached hydrogens (tertiary/aromatic N) is 2. The second-order valence-corrected chi connectivity index (χ2v) is 7.00. The zero-order valence-electron chi connectivity index (χ0n) is 17.2. The number of pyridine rings is 1. The average Bonchev–Trinajstić information content (AvgIpc) is 3.03. The standard InChI is InChI=1S/C23H26N2O5/c1-3-4-12-30-18-9-5-7-16(14-18)21(26)19-20(17-8-6-10-24-15-17)25(11-13-29-2)23(28)22(19)27/h5-10,14-15,20,26H,3-4,11-13H2,1-2H3/b21-19+. The molecule has 0 saturated carbocycles. The van der Waals surface area contributed by atoms with Gasteiger partial charge in [-0.05, 0) is 30.2 Å². The summed E-state index contributed by atoms with van der Waals surface area (Å²) in [5, 5.41) is 11.1. The number of unbranched alkanes of at least 4 members (excludes halogenated alkanes) is 1. The topological polar surface area (TPSA) is 89.0 Å². The number of methoxy groups -OCH3 is 1. The Hall–Kier alpha value is -3.19. The number of aromatic nitrogens is 1. The fourth-order valence-corrected chi connectivity index (χ4v) is 3.41. The Bertz CT molecular complexity index is 926. The van der Waals surface area contributed by atoms with Gasteiger partial charge < -0.3 is 19.5 Å². The minimum Gasteiger partial charge on any atom is -0.507 e. The maximum Gasteiger partial charge on any atom is 0.295 e. The van der Waals surface area contributed by atoms with Gasteiger partial charge in [0.1, 0.15) is 11.5 Å². The lowest BCUT2D eigenvalue weighted by Crippen LogP contribution is -2.32. The van der Waals surface area contributed by atoms with E-state index in [0.717, 1.165) is 12.8 Å². The van der Waals surface area contributed by atoms with Crippen molar-refractivity contribution in [3.63, 3.8) is 0 Å². The van der Waals surface area contributed by atoms with Crippen LogP contribution in [0.25, 0.3) is 5.76 Å². The second-order valence-electron chi connectivity index (χ2n) is 7.00. The van der Waals surface area contributed by atoms with Gasteiger partial charge in [-0.3, -0.25) is 14.6 Å². The molecule has 30 heavy (non-hydrogen) atoms. The fraction of sp³-hybridized carbons (Fsp3) is 0.348. The van der Waals surface area contributed by atoms with Gasteiger partial charge in [0.05, 0.1) is 24.8 Å². The van der Waals surface area contributed by atoms with E-state index in [4.69, 9.17) is 9.47 Å². The van der Waals surface area contributed by atoms with E-state index < -0.39 is 17.7 Å². The Kier molecular flexibility index (Phi) is 7.19. The number of aliphatic hydroxyl groups is 1. The van der Waals surface area contributed by atoms with Gasteiger partial charge >= 0.3 is 0 Å². The van der Waals surface area contributed by atoms with E-state index in [1.54, 1.807) is 48.8 Å². The molecule has 0 bridgehead atoms. The van der Waals surface area contributed by atoms with Gasteiger partial charge in [-0.15, -0.1) is 0 Å². The summed E-state index contributed by atoms with van der Waals surface area (Å²) in [5.74, 6) is -1.03. The SMILES string of the molecule is CCCCOc1cccc(/C(O)=C2\C(=O)C(=O)N(CCOC)C2c2cccnc2)c1. The van der Waals surface area contributed by atoms with E-state index >= 15 is 0 Å². The van der Waals surface area contributed by atoms with E-state index in [0.29, 0.717) is 23.5 Å². The van der Waals surface area contributed by atoms with Crippen LogP contribution in [0.4, 0.5) is 0 Å². The van der Waals surface area contributed by atoms with Crippen LogP contribution in [-0.4, -0.2) is 53.5 Å². The van der Waals surface area contributed by atoms with Gasteiger partial charge in [-0.1, -0.05) is 31.5 Å². The summed E-state index contributed by atoms with van der Waals surface area (Å²) < 4.78 is 10.8. The van der Waals surface area contributed by atoms with Crippen molar-refractivity contribution in [2.24, 2.45) is 0 Å². The molecule has 1 aromatic heterocycles. The minimum absolute atomic E-state index is 0.0369. The number of hydrogen-bond donors (Lipinski definition) is 1. The number of ketones is 1. The fourth-order valence-electron chi connectivity index (χ4n) is 3.41. The van der Waals surface area contributed by atoms with Crippen LogP contribution < -0.4 is 4.74 Å². The summed E-state index contributed by atoms with van der Waals surface area (Å²) in [7, 11) is 1.53. The van der Waals surface area contributed by atoms with Crippen molar-refractivity contribution in [2.45, 2.75) is 25.8 Å². The van der Waals surface area contributed by atoms with Crippen molar-refractivity contribution in [3.8, 4) is 5.75 Å². The molecule has 0 radical (unpaired) electrons. The third-order valence-electron chi connectivity index (χ3n) is 4.95. The molecule has 158 valence electrons. The highest BCUT2D eigenvalue weighted by molar-refractivity contribution is 6.46. The monoisotopic (exact) mass is 410 g/mol. The lowest BCUT2D eigenvalue weighted by molar-refractivity contribution is -0.140. The van der Waals surface area contributed by atoms with Crippen molar-refractivity contribution in [2.75, 3.05) is 26.9 Å². The summed E-state index contributed by atoms with van der Waals surface area (Å²) in [6, 6.07) is 9.67. The first-order valence-electron chi connectivity index (χ1n) is 9.99. The number of hydrogen-bond acceptors (Lipinski definition) is 6. The maximum atomic E-state index is 12.9. The smallest absolute Gasteiger partial charge is 0.295 e. The molecule has 0 spiro atoms. The number of likely N-dealkylation sites (tertiary alicyclic amines) is 1. The summed E-state index contributed by atoms with van der Waals surface area (Å²) in [4.78, 5) is 31.1. The summed E-state index contributed by atoms with van der Waals surface area (Å²) in [6.45, 7) is 3.13. The van der Waals surface area contributed by atoms with Gasteiger partial charge in [0.2, 0.25) is 0 Å². The zero-order valence-corrected chi connectivity index (χ0v) is 17.2. The van der Waals surface area contributed by atoms with Gasteiger partial charge in [-0.2, -0.15) is 0 Å². The third kappa shape index (κ3) is 4.52. The molecule has 7 nitrogen and oxygen atoms in total. The van der Waals surface area contributed by atoms with E-state index in [1.807, 2.05) is 0 Å². The molecule has 1 fully saturated rings. The van der Waals surface area contributed by atoms with Crippen LogP contribution in [0.15, 0.2) is 54.4 Å². The predicted octanol–water partition coefficient (Wildman–Crippen LogP) is 3.33. The molecule has 1 amide bonds. The Morgan fingerprint density at radius 1 is 1.20 bits per heavy atom. The Balaban J connectivity index is 2.04. The third-order valence-corrected chi connectivity index (χ3v) is 4.95. The molecule has 1 aliphatic rings. The van der Waals surface area contributed by atoms with Crippen molar-refractivity contribution in [3.05, 3.63) is 65.5 Å². The summed E-state index contributed by atoms with van der Waals surface area (Å²) >= 11 is 0. The van der Waals surface area contributed by atoms with Crippen molar-refractivity contribution in [1.29, 1.82) is 0 Å². The first kappa shape index (κ1) is 21.5. The number of aliphatic hydroxyl groups excluding tert-OH is 1. The molecule has 1 saturated heterocycles. The molecular weight excluding hydrogens is 384 g/mol. The highest BCUT2D eigenvalue weighted by atomic mass is 16.5. The number of ether oxygens (including phenoxy) is 2. The normalized spacial score (nSPS) is 18.1. The lowest BCUT2D eigenvalue weighted by atomic mass is 9.96. The van der Waals surface area contributed by atoms with E-state index in [9.17, 15) is 14.7 Å². The molecule has 1 aromatic carbocycles. The summed E-state index contributed by atoms with van der Waals surface area (Å²) in [5.41, 5.74) is 1.10. The van der Waals surface area contributed by atoms with Gasteiger partial charge in [-0.25, -0.2) is 0 Å². The van der Waals surface area contributed by atoms with Crippen LogP contribution in [0.2, 0.25) is 0 Å². The lowest BCUT2D eigenvalue weighted by Gasteiger charge is -2.24. The number of carbonyl (C=O) groups excluding carboxylic acids is 2. The minimum atomic E-state index is -0.737. The largest absolute Gasteiger partial charge is 0.507 e. The molecule has 7 heteroatoms. The number of amides is 1. The quantitative estimate of drug-likeness (QED) is 0.295. The predicted molar refractivity (Wildman–Crippen MR) is 112 cm³/mol. The van der Waals surface area contributed by atoms with Crippen molar-refractivity contribution in [1.82, 2.24) is 9.88 Å². The molecule has 1 N–H and O–H groups in total. The number of Topliss-reactive ketones (excluding diaryl/α,β-unsaturated/α-hetero) is 1. The Labute approximate surface area is 175 Å². The average molecular weight is 410 g/mol. The van der Waals surface area contributed by atoms with Crippen LogP contribution in [0, 0.1) is 0 Å². The Morgan fingerprint density at radius 2 is 2.03 bits per heavy atom. The van der Waals surface area contributed by atoms with Crippen molar-refractivity contribution >= 4 is 17.4 Å². The van der Waals surface area contributed by atoms with Crippen LogP contribution >= 0.6 is 0 Å². The molecule has 1 aliphatic heterocycles. The number of rotatable bonds is 9. The molecule has 2 heterocycles. The highest BCUT2D eigenvalue weighted by Gasteiger charge is 2.45. The molecule has 3 rings (SSSR count). The van der Waals surface area contributed by atoms with Gasteiger partial charge in [0.15, 0.2) is 0 Å². The second kappa shape index (κ2) is 10.0. The number of carbonyl (C=O) groups is 2. The molecule has 2 aromatic rings. The van der Waals surface area contributed by atoms with Crippen LogP contribution in [-0.2, 0) is 14.3 Å². The molecular formula is C23H26N2O5.